The van der Waals surface area contributed by atoms with Gasteiger partial charge in [0.25, 0.3) is 0 Å². The van der Waals surface area contributed by atoms with Gasteiger partial charge in [-0.05, 0) is 25.7 Å². The Morgan fingerprint density at radius 2 is 2.40 bits per heavy atom. The summed E-state index contributed by atoms with van der Waals surface area (Å²) in [6, 6.07) is 0.404. The Labute approximate surface area is 92.0 Å². The van der Waals surface area contributed by atoms with Gasteiger partial charge < -0.3 is 10.6 Å². The first kappa shape index (κ1) is 12.1. The Morgan fingerprint density at radius 1 is 1.67 bits per heavy atom. The number of amides is 1. The lowest BCUT2D eigenvalue weighted by Gasteiger charge is -2.12. The quantitative estimate of drug-likeness (QED) is 0.637. The van der Waals surface area contributed by atoms with Crippen LogP contribution in [0.1, 0.15) is 33.1 Å². The van der Waals surface area contributed by atoms with Gasteiger partial charge in [0.2, 0.25) is 5.91 Å². The van der Waals surface area contributed by atoms with E-state index in [2.05, 4.69) is 23.5 Å². The second-order valence-electron chi connectivity index (χ2n) is 4.20. The minimum atomic E-state index is -0.134. The number of carbonyl (C=O) groups excluding carboxylic acids is 1. The average Bonchev–Trinajstić information content (AvgIpc) is 2.93. The lowest BCUT2D eigenvalue weighted by Crippen LogP contribution is -2.43. The summed E-state index contributed by atoms with van der Waals surface area (Å²) < 4.78 is 0. The van der Waals surface area contributed by atoms with E-state index in [0.717, 1.165) is 5.92 Å². The van der Waals surface area contributed by atoms with Crippen molar-refractivity contribution in [3.05, 3.63) is 0 Å². The lowest BCUT2D eigenvalue weighted by atomic mass is 10.2. The van der Waals surface area contributed by atoms with E-state index in [-0.39, 0.29) is 11.9 Å². The summed E-state index contributed by atoms with van der Waals surface area (Å²) in [7, 11) is 0. The molecule has 0 spiro atoms. The summed E-state index contributed by atoms with van der Waals surface area (Å²) in [5.74, 6) is 3.16. The van der Waals surface area contributed by atoms with Crippen LogP contribution in [0.5, 0.6) is 0 Å². The van der Waals surface area contributed by atoms with Gasteiger partial charge in [-0.2, -0.15) is 0 Å². The van der Waals surface area contributed by atoms with Gasteiger partial charge in [-0.1, -0.05) is 19.3 Å². The Morgan fingerprint density at radius 3 is 3.00 bits per heavy atom. The second kappa shape index (κ2) is 5.77. The van der Waals surface area contributed by atoms with Crippen LogP contribution in [0, 0.1) is 18.3 Å². The van der Waals surface area contributed by atoms with E-state index < -0.39 is 0 Å². The van der Waals surface area contributed by atoms with Gasteiger partial charge in [-0.15, -0.1) is 6.42 Å². The molecular weight excluding hydrogens is 188 g/mol. The van der Waals surface area contributed by atoms with Crippen molar-refractivity contribution in [2.24, 2.45) is 5.92 Å². The number of hydrogen-bond donors (Lipinski definition) is 2. The molecule has 3 atom stereocenters. The molecule has 1 aliphatic rings. The fourth-order valence-corrected chi connectivity index (χ4v) is 1.83. The first-order chi connectivity index (χ1) is 7.19. The summed E-state index contributed by atoms with van der Waals surface area (Å²) in [4.78, 5) is 11.5. The van der Waals surface area contributed by atoms with Crippen LogP contribution < -0.4 is 10.6 Å². The van der Waals surface area contributed by atoms with E-state index in [1.165, 1.54) is 19.3 Å². The Hall–Kier alpha value is -1.01. The molecule has 0 bridgehead atoms. The van der Waals surface area contributed by atoms with Gasteiger partial charge in [-0.3, -0.25) is 4.79 Å². The van der Waals surface area contributed by atoms with Gasteiger partial charge in [0.15, 0.2) is 0 Å². The third-order valence-corrected chi connectivity index (χ3v) is 2.80. The molecule has 0 aromatic heterocycles. The molecule has 1 fully saturated rings. The van der Waals surface area contributed by atoms with E-state index >= 15 is 0 Å². The van der Waals surface area contributed by atoms with Crippen molar-refractivity contribution >= 4 is 5.91 Å². The van der Waals surface area contributed by atoms with Crippen molar-refractivity contribution in [3.63, 3.8) is 0 Å². The minimum absolute atomic E-state index is 0.00454. The monoisotopic (exact) mass is 208 g/mol. The molecule has 15 heavy (non-hydrogen) atoms. The molecule has 3 heteroatoms. The number of rotatable bonds is 6. The second-order valence-corrected chi connectivity index (χ2v) is 4.20. The van der Waals surface area contributed by atoms with E-state index in [1.54, 1.807) is 0 Å². The van der Waals surface area contributed by atoms with E-state index in [4.69, 9.17) is 6.42 Å². The predicted molar refractivity (Wildman–Crippen MR) is 61.2 cm³/mol. The molecule has 0 aliphatic heterocycles. The Kier molecular flexibility index (Phi) is 4.64. The molecule has 3 nitrogen and oxygen atoms in total. The molecule has 0 radical (unpaired) electrons. The molecule has 0 aromatic rings. The SMILES string of the molecule is C#CCNC(=O)C(C)NC1CC1CCC. The number of carbonyl (C=O) groups is 1. The highest BCUT2D eigenvalue weighted by atomic mass is 16.2. The summed E-state index contributed by atoms with van der Waals surface area (Å²) in [5, 5.41) is 5.99. The zero-order chi connectivity index (χ0) is 11.3. The summed E-state index contributed by atoms with van der Waals surface area (Å²) in [6.45, 7) is 4.39. The van der Waals surface area contributed by atoms with Crippen LogP contribution in [-0.4, -0.2) is 24.5 Å². The van der Waals surface area contributed by atoms with Gasteiger partial charge in [-0.25, -0.2) is 0 Å². The van der Waals surface area contributed by atoms with Gasteiger partial charge >= 0.3 is 0 Å². The van der Waals surface area contributed by atoms with Crippen molar-refractivity contribution in [1.82, 2.24) is 10.6 Å². The van der Waals surface area contributed by atoms with Gasteiger partial charge in [0.1, 0.15) is 0 Å². The van der Waals surface area contributed by atoms with Crippen LogP contribution in [0.2, 0.25) is 0 Å². The smallest absolute Gasteiger partial charge is 0.237 e. The minimum Gasteiger partial charge on any atom is -0.344 e. The van der Waals surface area contributed by atoms with Crippen molar-refractivity contribution < 1.29 is 4.79 Å². The zero-order valence-corrected chi connectivity index (χ0v) is 9.55. The van der Waals surface area contributed by atoms with Gasteiger partial charge in [0, 0.05) is 6.04 Å². The topological polar surface area (TPSA) is 41.1 Å². The van der Waals surface area contributed by atoms with Crippen LogP contribution in [0.25, 0.3) is 0 Å². The van der Waals surface area contributed by atoms with Crippen LogP contribution in [-0.2, 0) is 4.79 Å². The maximum absolute atomic E-state index is 11.5. The molecule has 1 aliphatic carbocycles. The first-order valence-corrected chi connectivity index (χ1v) is 5.66. The average molecular weight is 208 g/mol. The predicted octanol–water partition coefficient (Wildman–Crippen LogP) is 0.902. The van der Waals surface area contributed by atoms with Crippen LogP contribution in [0.4, 0.5) is 0 Å². The van der Waals surface area contributed by atoms with Crippen molar-refractivity contribution in [2.45, 2.75) is 45.2 Å². The molecular formula is C12H20N2O. The number of hydrogen-bond acceptors (Lipinski definition) is 2. The Balaban J connectivity index is 2.17. The molecule has 2 N–H and O–H groups in total. The van der Waals surface area contributed by atoms with Crippen molar-refractivity contribution in [3.8, 4) is 12.3 Å². The largest absolute Gasteiger partial charge is 0.344 e. The Bertz CT molecular complexity index is 257. The lowest BCUT2D eigenvalue weighted by molar-refractivity contribution is -0.122. The van der Waals surface area contributed by atoms with E-state index in [0.29, 0.717) is 12.6 Å². The van der Waals surface area contributed by atoms with E-state index in [9.17, 15) is 4.79 Å². The summed E-state index contributed by atoms with van der Waals surface area (Å²) in [6.07, 6.45) is 8.76. The van der Waals surface area contributed by atoms with Crippen molar-refractivity contribution in [2.75, 3.05) is 6.54 Å². The third-order valence-electron chi connectivity index (χ3n) is 2.80. The van der Waals surface area contributed by atoms with Crippen molar-refractivity contribution in [1.29, 1.82) is 0 Å². The maximum atomic E-state index is 11.5. The van der Waals surface area contributed by atoms with Crippen LogP contribution in [0.15, 0.2) is 0 Å². The molecule has 3 unspecified atom stereocenters. The molecule has 1 rings (SSSR count). The first-order valence-electron chi connectivity index (χ1n) is 5.66. The summed E-state index contributed by atoms with van der Waals surface area (Å²) >= 11 is 0. The molecule has 1 saturated carbocycles. The molecule has 1 amide bonds. The van der Waals surface area contributed by atoms with E-state index in [1.807, 2.05) is 6.92 Å². The normalized spacial score (nSPS) is 25.4. The maximum Gasteiger partial charge on any atom is 0.237 e. The molecule has 0 heterocycles. The molecule has 0 aromatic carbocycles. The molecule has 84 valence electrons. The van der Waals surface area contributed by atoms with Crippen LogP contribution in [0.3, 0.4) is 0 Å². The fourth-order valence-electron chi connectivity index (χ4n) is 1.83. The molecule has 0 saturated heterocycles. The zero-order valence-electron chi connectivity index (χ0n) is 9.55. The van der Waals surface area contributed by atoms with Gasteiger partial charge in [0.05, 0.1) is 12.6 Å². The highest BCUT2D eigenvalue weighted by Gasteiger charge is 2.37. The number of nitrogens with one attached hydrogen (secondary N) is 2. The third kappa shape index (κ3) is 3.93. The summed E-state index contributed by atoms with van der Waals surface area (Å²) in [5.41, 5.74) is 0. The standard InChI is InChI=1S/C12H20N2O/c1-4-6-10-8-11(10)14-9(3)12(15)13-7-5-2/h2,9-11,14H,4,6-8H2,1,3H3,(H,13,15). The highest BCUT2D eigenvalue weighted by Crippen LogP contribution is 2.34. The van der Waals surface area contributed by atoms with Crippen LogP contribution >= 0.6 is 0 Å². The highest BCUT2D eigenvalue weighted by molar-refractivity contribution is 5.81. The fraction of sp³-hybridized carbons (Fsp3) is 0.750. The number of terminal acetylenes is 1.